The minimum absolute atomic E-state index is 0.359. The maximum absolute atomic E-state index is 12.4. The van der Waals surface area contributed by atoms with E-state index in [2.05, 4.69) is 11.9 Å². The Bertz CT molecular complexity index is 487. The first-order valence-corrected chi connectivity index (χ1v) is 7.20. The fourth-order valence-corrected chi connectivity index (χ4v) is 2.13. The quantitative estimate of drug-likeness (QED) is 0.432. The summed E-state index contributed by atoms with van der Waals surface area (Å²) in [5, 5.41) is 2.70. The fourth-order valence-electron chi connectivity index (χ4n) is 2.13. The van der Waals surface area contributed by atoms with E-state index in [1.54, 1.807) is 18.2 Å². The monoisotopic (exact) mass is 305 g/mol. The minimum Gasteiger partial charge on any atom is -0.467 e. The zero-order valence-electron chi connectivity index (χ0n) is 13.1. The van der Waals surface area contributed by atoms with Crippen molar-refractivity contribution in [3.63, 3.8) is 0 Å². The molecule has 0 aliphatic rings. The molecule has 5 nitrogen and oxygen atoms in total. The van der Waals surface area contributed by atoms with Crippen molar-refractivity contribution in [3.05, 3.63) is 48.6 Å². The van der Waals surface area contributed by atoms with Gasteiger partial charge in [0, 0.05) is 7.11 Å². The van der Waals surface area contributed by atoms with Crippen LogP contribution in [0.4, 0.5) is 0 Å². The summed E-state index contributed by atoms with van der Waals surface area (Å²) in [5.41, 5.74) is 0.734. The van der Waals surface area contributed by atoms with Crippen molar-refractivity contribution < 1.29 is 19.1 Å². The highest BCUT2D eigenvalue weighted by Gasteiger charge is 2.26. The summed E-state index contributed by atoms with van der Waals surface area (Å²) in [6.07, 6.45) is 3.03. The smallest absolute Gasteiger partial charge is 0.328 e. The number of carbonyl (C=O) groups excluding carboxylic acids is 2. The summed E-state index contributed by atoms with van der Waals surface area (Å²) in [6.45, 7) is 3.64. The number of ether oxygens (including phenoxy) is 2. The van der Waals surface area contributed by atoms with Crippen molar-refractivity contribution in [2.75, 3.05) is 14.2 Å². The maximum Gasteiger partial charge on any atom is 0.328 e. The van der Waals surface area contributed by atoms with Gasteiger partial charge in [0.25, 0.3) is 5.91 Å². The van der Waals surface area contributed by atoms with Gasteiger partial charge >= 0.3 is 5.97 Å². The third-order valence-corrected chi connectivity index (χ3v) is 3.28. The highest BCUT2D eigenvalue weighted by molar-refractivity contribution is 5.87. The largest absolute Gasteiger partial charge is 0.467 e. The summed E-state index contributed by atoms with van der Waals surface area (Å²) in [7, 11) is 2.77. The van der Waals surface area contributed by atoms with Gasteiger partial charge in [-0.05, 0) is 24.8 Å². The molecule has 0 heterocycles. The molecule has 5 heteroatoms. The van der Waals surface area contributed by atoms with Crippen molar-refractivity contribution in [2.45, 2.75) is 31.4 Å². The fraction of sp³-hybridized carbons (Fsp3) is 0.412. The Morgan fingerprint density at radius 3 is 2.50 bits per heavy atom. The molecule has 1 amide bonds. The Balaban J connectivity index is 2.75. The molecule has 1 aromatic rings. The number of benzene rings is 1. The lowest BCUT2D eigenvalue weighted by atomic mass is 10.1. The second-order valence-electron chi connectivity index (χ2n) is 4.83. The molecular formula is C17H23NO4. The number of esters is 1. The van der Waals surface area contributed by atoms with Crippen LogP contribution in [0.25, 0.3) is 0 Å². The molecular weight excluding hydrogens is 282 g/mol. The zero-order valence-corrected chi connectivity index (χ0v) is 13.1. The summed E-state index contributed by atoms with van der Waals surface area (Å²) in [5.74, 6) is -0.817. The van der Waals surface area contributed by atoms with Crippen molar-refractivity contribution in [1.82, 2.24) is 5.32 Å². The molecule has 0 unspecified atom stereocenters. The number of methoxy groups -OCH3 is 2. The van der Waals surface area contributed by atoms with Crippen molar-refractivity contribution in [1.29, 1.82) is 0 Å². The van der Waals surface area contributed by atoms with Gasteiger partial charge in [-0.25, -0.2) is 4.79 Å². The van der Waals surface area contributed by atoms with Crippen LogP contribution in [0, 0.1) is 0 Å². The number of amides is 1. The molecule has 0 spiro atoms. The molecule has 0 aliphatic carbocycles. The Kier molecular flexibility index (Phi) is 7.92. The van der Waals surface area contributed by atoms with Gasteiger partial charge in [-0.3, -0.25) is 4.79 Å². The SMILES string of the molecule is C=CCCC[C@@H](NC(=O)[C@@H](OC)c1ccccc1)C(=O)OC. The Hall–Kier alpha value is -2.14. The molecule has 0 aliphatic heterocycles. The predicted molar refractivity (Wildman–Crippen MR) is 84.2 cm³/mol. The molecule has 0 bridgehead atoms. The standard InChI is InChI=1S/C17H23NO4/c1-4-5-7-12-14(17(20)22-3)18-16(19)15(21-2)13-10-8-6-9-11-13/h4,6,8-11,14-15H,1,5,7,12H2,2-3H3,(H,18,19)/t14-,15+/m1/s1. The average Bonchev–Trinajstić information content (AvgIpc) is 2.55. The number of rotatable bonds is 9. The first kappa shape index (κ1) is 17.9. The van der Waals surface area contributed by atoms with Crippen LogP contribution < -0.4 is 5.32 Å². The molecule has 0 aromatic heterocycles. The van der Waals surface area contributed by atoms with Crippen LogP contribution in [0.15, 0.2) is 43.0 Å². The molecule has 1 rings (SSSR count). The third kappa shape index (κ3) is 5.33. The highest BCUT2D eigenvalue weighted by Crippen LogP contribution is 2.17. The van der Waals surface area contributed by atoms with E-state index in [1.807, 2.05) is 18.2 Å². The lowest BCUT2D eigenvalue weighted by Crippen LogP contribution is -2.44. The van der Waals surface area contributed by atoms with E-state index >= 15 is 0 Å². The van der Waals surface area contributed by atoms with Crippen LogP contribution in [-0.2, 0) is 19.1 Å². The van der Waals surface area contributed by atoms with E-state index in [0.717, 1.165) is 18.4 Å². The molecule has 2 atom stereocenters. The molecule has 22 heavy (non-hydrogen) atoms. The number of carbonyl (C=O) groups is 2. The topological polar surface area (TPSA) is 64.6 Å². The van der Waals surface area contributed by atoms with Crippen LogP contribution in [0.5, 0.6) is 0 Å². The lowest BCUT2D eigenvalue weighted by Gasteiger charge is -2.20. The number of unbranched alkanes of at least 4 members (excludes halogenated alkanes) is 1. The Labute approximate surface area is 131 Å². The van der Waals surface area contributed by atoms with Gasteiger partial charge in [0.15, 0.2) is 6.10 Å². The normalized spacial score (nSPS) is 13.0. The lowest BCUT2D eigenvalue weighted by molar-refractivity contribution is -0.147. The van der Waals surface area contributed by atoms with Gasteiger partial charge in [-0.15, -0.1) is 6.58 Å². The maximum atomic E-state index is 12.4. The van der Waals surface area contributed by atoms with Gasteiger partial charge in [0.1, 0.15) is 6.04 Å². The van der Waals surface area contributed by atoms with E-state index < -0.39 is 18.1 Å². The molecule has 1 N–H and O–H groups in total. The van der Waals surface area contributed by atoms with E-state index in [-0.39, 0.29) is 5.91 Å². The Morgan fingerprint density at radius 1 is 1.27 bits per heavy atom. The summed E-state index contributed by atoms with van der Waals surface area (Å²) >= 11 is 0. The zero-order chi connectivity index (χ0) is 16.4. The van der Waals surface area contributed by atoms with Crippen LogP contribution in [0.3, 0.4) is 0 Å². The number of nitrogens with one attached hydrogen (secondary N) is 1. The van der Waals surface area contributed by atoms with Crippen LogP contribution in [-0.4, -0.2) is 32.1 Å². The molecule has 0 fully saturated rings. The molecule has 1 aromatic carbocycles. The number of hydrogen-bond acceptors (Lipinski definition) is 4. The van der Waals surface area contributed by atoms with Crippen LogP contribution in [0.2, 0.25) is 0 Å². The van der Waals surface area contributed by atoms with Gasteiger partial charge in [0.05, 0.1) is 7.11 Å². The van der Waals surface area contributed by atoms with Crippen molar-refractivity contribution >= 4 is 11.9 Å². The molecule has 0 saturated carbocycles. The first-order chi connectivity index (χ1) is 10.6. The van der Waals surface area contributed by atoms with Gasteiger partial charge < -0.3 is 14.8 Å². The van der Waals surface area contributed by atoms with E-state index in [9.17, 15) is 9.59 Å². The molecule has 0 radical (unpaired) electrons. The first-order valence-electron chi connectivity index (χ1n) is 7.20. The summed E-state index contributed by atoms with van der Waals surface area (Å²) < 4.78 is 10.0. The number of hydrogen-bond donors (Lipinski definition) is 1. The molecule has 0 saturated heterocycles. The summed E-state index contributed by atoms with van der Waals surface area (Å²) in [6, 6.07) is 8.45. The third-order valence-electron chi connectivity index (χ3n) is 3.28. The van der Waals surface area contributed by atoms with Gasteiger partial charge in [-0.2, -0.15) is 0 Å². The molecule has 120 valence electrons. The summed E-state index contributed by atoms with van der Waals surface area (Å²) in [4.78, 5) is 24.2. The van der Waals surface area contributed by atoms with Crippen molar-refractivity contribution in [2.24, 2.45) is 0 Å². The van der Waals surface area contributed by atoms with E-state index in [0.29, 0.717) is 6.42 Å². The van der Waals surface area contributed by atoms with Crippen LogP contribution >= 0.6 is 0 Å². The Morgan fingerprint density at radius 2 is 1.95 bits per heavy atom. The van der Waals surface area contributed by atoms with E-state index in [1.165, 1.54) is 14.2 Å². The minimum atomic E-state index is -0.757. The van der Waals surface area contributed by atoms with Crippen molar-refractivity contribution in [3.8, 4) is 0 Å². The second kappa shape index (κ2) is 9.73. The average molecular weight is 305 g/mol. The van der Waals surface area contributed by atoms with E-state index in [4.69, 9.17) is 9.47 Å². The second-order valence-corrected chi connectivity index (χ2v) is 4.83. The number of allylic oxidation sites excluding steroid dienone is 1. The highest BCUT2D eigenvalue weighted by atomic mass is 16.5. The van der Waals surface area contributed by atoms with Gasteiger partial charge in [0.2, 0.25) is 0 Å². The van der Waals surface area contributed by atoms with Gasteiger partial charge in [-0.1, -0.05) is 36.4 Å². The van der Waals surface area contributed by atoms with Crippen LogP contribution in [0.1, 0.15) is 30.9 Å². The predicted octanol–water partition coefficient (Wildman–Crippen LogP) is 2.39.